The zero-order valence-corrected chi connectivity index (χ0v) is 25.0. The van der Waals surface area contributed by atoms with Gasteiger partial charge in [0.2, 0.25) is 17.5 Å². The van der Waals surface area contributed by atoms with Gasteiger partial charge in [0, 0.05) is 41.9 Å². The highest BCUT2D eigenvalue weighted by Gasteiger charge is 2.44. The van der Waals surface area contributed by atoms with Gasteiger partial charge in [-0.3, -0.25) is 4.79 Å². The Morgan fingerprint density at radius 1 is 1.05 bits per heavy atom. The van der Waals surface area contributed by atoms with Gasteiger partial charge in [-0.15, -0.1) is 0 Å². The van der Waals surface area contributed by atoms with Gasteiger partial charge in [-0.2, -0.15) is 0 Å². The summed E-state index contributed by atoms with van der Waals surface area (Å²) in [6.45, 7) is 5.49. The molecule has 3 fully saturated rings. The van der Waals surface area contributed by atoms with Gasteiger partial charge in [-0.05, 0) is 81.0 Å². The molecule has 2 heterocycles. The van der Waals surface area contributed by atoms with Crippen molar-refractivity contribution in [3.05, 3.63) is 59.4 Å². The number of carbonyl (C=O) groups excluding carboxylic acids is 1. The molecule has 2 saturated carbocycles. The first-order valence-corrected chi connectivity index (χ1v) is 14.8. The second-order valence-corrected chi connectivity index (χ2v) is 11.7. The Morgan fingerprint density at radius 3 is 2.40 bits per heavy atom. The summed E-state index contributed by atoms with van der Waals surface area (Å²) in [5.41, 5.74) is 15.9. The SMILES string of the molecule is COc1ccc(NC(=O)C2C[C@H]2c2ccc(/C(N)=N/c3nc(C4CC4)nc(N4CC(C)OC(C)C4)c3OC)c(N)c2)cc1. The number of methoxy groups -OCH3 is 2. The Kier molecular flexibility index (Phi) is 7.83. The van der Waals surface area contributed by atoms with E-state index >= 15 is 0 Å². The van der Waals surface area contributed by atoms with Crippen molar-refractivity contribution < 1.29 is 19.0 Å². The predicted octanol–water partition coefficient (Wildman–Crippen LogP) is 4.35. The molecular formula is C32H39N7O4. The minimum Gasteiger partial charge on any atom is -0.497 e. The second-order valence-electron chi connectivity index (χ2n) is 11.7. The Bertz CT molecular complexity index is 1530. The number of hydrogen-bond acceptors (Lipinski definition) is 9. The molecule has 1 saturated heterocycles. The van der Waals surface area contributed by atoms with Gasteiger partial charge < -0.3 is 35.9 Å². The van der Waals surface area contributed by atoms with Crippen molar-refractivity contribution in [2.24, 2.45) is 16.6 Å². The van der Waals surface area contributed by atoms with Crippen LogP contribution in [0.15, 0.2) is 47.5 Å². The number of benzene rings is 2. The summed E-state index contributed by atoms with van der Waals surface area (Å²) in [5, 5.41) is 2.99. The Labute approximate surface area is 251 Å². The van der Waals surface area contributed by atoms with E-state index in [1.165, 1.54) is 0 Å². The van der Waals surface area contributed by atoms with Crippen LogP contribution in [0.4, 0.5) is 23.0 Å². The molecular weight excluding hydrogens is 546 g/mol. The fourth-order valence-corrected chi connectivity index (χ4v) is 5.77. The third-order valence-electron chi connectivity index (χ3n) is 8.20. The minimum absolute atomic E-state index is 0.0129. The Balaban J connectivity index is 1.21. The number of amidine groups is 1. The maximum Gasteiger partial charge on any atom is 0.228 e. The van der Waals surface area contributed by atoms with Crippen LogP contribution in [0.1, 0.15) is 61.9 Å². The van der Waals surface area contributed by atoms with Crippen LogP contribution in [0, 0.1) is 5.92 Å². The Morgan fingerprint density at radius 2 is 1.77 bits per heavy atom. The van der Waals surface area contributed by atoms with Crippen LogP contribution in [0.5, 0.6) is 11.5 Å². The van der Waals surface area contributed by atoms with E-state index < -0.39 is 0 Å². The lowest BCUT2D eigenvalue weighted by Gasteiger charge is -2.36. The summed E-state index contributed by atoms with van der Waals surface area (Å²) in [6, 6.07) is 13.0. The molecule has 226 valence electrons. The quantitative estimate of drug-likeness (QED) is 0.189. The molecule has 1 amide bonds. The van der Waals surface area contributed by atoms with E-state index in [1.807, 2.05) is 42.5 Å². The standard InChI is InChI=1S/C32H39N7O4/c1-17-15-39(16-18(2)43-17)31-27(42-4)30(37-29(38-31)19-5-6-19)36-28(34)23-12-7-20(13-26(23)33)24-14-25(24)32(40)35-21-8-10-22(41-3)11-9-21/h7-13,17-19,24-25H,5-6,14-16,33H2,1-4H3,(H,35,40)(H2,34,36,37,38)/t17?,18?,24-,25?/m0/s1. The van der Waals surface area contributed by atoms with Gasteiger partial charge in [0.25, 0.3) is 0 Å². The van der Waals surface area contributed by atoms with Crippen molar-refractivity contribution >= 4 is 34.8 Å². The topological polar surface area (TPSA) is 150 Å². The summed E-state index contributed by atoms with van der Waals surface area (Å²) >= 11 is 0. The number of aliphatic imine (C=N–C) groups is 1. The number of carbonyl (C=O) groups is 1. The van der Waals surface area contributed by atoms with Crippen molar-refractivity contribution in [2.45, 2.75) is 57.2 Å². The maximum atomic E-state index is 12.8. The number of morpholine rings is 1. The second kappa shape index (κ2) is 11.7. The molecule has 0 radical (unpaired) electrons. The van der Waals surface area contributed by atoms with E-state index in [0.29, 0.717) is 47.6 Å². The third kappa shape index (κ3) is 6.22. The molecule has 43 heavy (non-hydrogen) atoms. The van der Waals surface area contributed by atoms with E-state index in [-0.39, 0.29) is 35.8 Å². The highest BCUT2D eigenvalue weighted by atomic mass is 16.5. The molecule has 2 aliphatic carbocycles. The minimum atomic E-state index is -0.117. The first kappa shape index (κ1) is 28.7. The highest BCUT2D eigenvalue weighted by Crippen LogP contribution is 2.49. The van der Waals surface area contributed by atoms with Gasteiger partial charge in [0.15, 0.2) is 5.82 Å². The summed E-state index contributed by atoms with van der Waals surface area (Å²) in [6.07, 6.45) is 2.98. The fourth-order valence-electron chi connectivity index (χ4n) is 5.77. The van der Waals surface area contributed by atoms with Gasteiger partial charge in [0.1, 0.15) is 17.4 Å². The molecule has 3 aromatic rings. The van der Waals surface area contributed by atoms with Crippen LogP contribution in [0.25, 0.3) is 0 Å². The molecule has 0 bridgehead atoms. The van der Waals surface area contributed by atoms with Gasteiger partial charge in [-0.25, -0.2) is 15.0 Å². The number of rotatable bonds is 9. The van der Waals surface area contributed by atoms with Crippen LogP contribution in [0.3, 0.4) is 0 Å². The zero-order chi connectivity index (χ0) is 30.2. The molecule has 1 aromatic heterocycles. The lowest BCUT2D eigenvalue weighted by atomic mass is 10.0. The van der Waals surface area contributed by atoms with E-state index in [9.17, 15) is 4.79 Å². The molecule has 5 N–H and O–H groups in total. The van der Waals surface area contributed by atoms with Crippen molar-refractivity contribution in [1.29, 1.82) is 0 Å². The smallest absolute Gasteiger partial charge is 0.228 e. The van der Waals surface area contributed by atoms with E-state index in [4.69, 9.17) is 40.6 Å². The van der Waals surface area contributed by atoms with E-state index in [2.05, 4.69) is 24.1 Å². The molecule has 11 heteroatoms. The van der Waals surface area contributed by atoms with Gasteiger partial charge in [0.05, 0.1) is 26.4 Å². The number of nitrogens with zero attached hydrogens (tertiary/aromatic N) is 4. The number of ether oxygens (including phenoxy) is 3. The van der Waals surface area contributed by atoms with Crippen molar-refractivity contribution in [3.8, 4) is 11.5 Å². The van der Waals surface area contributed by atoms with E-state index in [0.717, 1.165) is 42.1 Å². The summed E-state index contributed by atoms with van der Waals surface area (Å²) in [4.78, 5) is 29.4. The number of nitrogens with two attached hydrogens (primary N) is 2. The van der Waals surface area contributed by atoms with Crippen molar-refractivity contribution in [3.63, 3.8) is 0 Å². The molecule has 3 unspecified atom stereocenters. The number of amides is 1. The first-order chi connectivity index (χ1) is 20.7. The molecule has 3 aliphatic rings. The number of hydrogen-bond donors (Lipinski definition) is 3. The van der Waals surface area contributed by atoms with Crippen LogP contribution >= 0.6 is 0 Å². The monoisotopic (exact) mass is 585 g/mol. The summed E-state index contributed by atoms with van der Waals surface area (Å²) < 4.78 is 16.9. The average molecular weight is 586 g/mol. The largest absolute Gasteiger partial charge is 0.497 e. The molecule has 4 atom stereocenters. The lowest BCUT2D eigenvalue weighted by Crippen LogP contribution is -2.46. The molecule has 1 aliphatic heterocycles. The number of anilines is 3. The van der Waals surface area contributed by atoms with Crippen molar-refractivity contribution in [1.82, 2.24) is 9.97 Å². The first-order valence-electron chi connectivity index (χ1n) is 14.8. The molecule has 0 spiro atoms. The van der Waals surface area contributed by atoms with E-state index in [1.54, 1.807) is 14.2 Å². The Hall–Kier alpha value is -4.38. The van der Waals surface area contributed by atoms with Crippen molar-refractivity contribution in [2.75, 3.05) is 43.3 Å². The average Bonchev–Trinajstić information content (AvgIpc) is 3.91. The van der Waals surface area contributed by atoms with Gasteiger partial charge >= 0.3 is 0 Å². The molecule has 6 rings (SSSR count). The molecule has 2 aromatic carbocycles. The third-order valence-corrected chi connectivity index (χ3v) is 8.20. The summed E-state index contributed by atoms with van der Waals surface area (Å²) in [7, 11) is 3.21. The molecule has 11 nitrogen and oxygen atoms in total. The normalized spacial score (nSPS) is 23.5. The van der Waals surface area contributed by atoms with Crippen LogP contribution < -0.4 is 31.2 Å². The maximum absolute atomic E-state index is 12.8. The highest BCUT2D eigenvalue weighted by molar-refractivity contribution is 6.03. The zero-order valence-electron chi connectivity index (χ0n) is 25.0. The number of nitrogens with one attached hydrogen (secondary N) is 1. The van der Waals surface area contributed by atoms with Gasteiger partial charge in [-0.1, -0.05) is 6.07 Å². The van der Waals surface area contributed by atoms with Crippen LogP contribution in [0.2, 0.25) is 0 Å². The summed E-state index contributed by atoms with van der Waals surface area (Å²) in [5.74, 6) is 3.59. The lowest BCUT2D eigenvalue weighted by molar-refractivity contribution is -0.117. The van der Waals surface area contributed by atoms with Crippen LogP contribution in [-0.2, 0) is 9.53 Å². The fraction of sp³-hybridized carbons (Fsp3) is 0.438. The number of aromatic nitrogens is 2. The number of nitrogen functional groups attached to an aromatic ring is 1. The predicted molar refractivity (Wildman–Crippen MR) is 166 cm³/mol. The van der Waals surface area contributed by atoms with Crippen LogP contribution in [-0.4, -0.2) is 61.2 Å².